The lowest BCUT2D eigenvalue weighted by molar-refractivity contribution is -0.123. The Hall–Kier alpha value is -3.80. The third-order valence-electron chi connectivity index (χ3n) is 6.46. The van der Waals surface area contributed by atoms with E-state index < -0.39 is 0 Å². The molecule has 34 heavy (non-hydrogen) atoms. The van der Waals surface area contributed by atoms with Gasteiger partial charge in [0.1, 0.15) is 5.75 Å². The summed E-state index contributed by atoms with van der Waals surface area (Å²) >= 11 is 0. The zero-order chi connectivity index (χ0) is 23.3. The summed E-state index contributed by atoms with van der Waals surface area (Å²) in [6.45, 7) is 3.12. The number of benzene rings is 3. The van der Waals surface area contributed by atoms with Crippen molar-refractivity contribution in [1.82, 2.24) is 5.32 Å². The highest BCUT2D eigenvalue weighted by molar-refractivity contribution is 5.95. The maximum atomic E-state index is 12.2. The predicted octanol–water partition coefficient (Wildman–Crippen LogP) is 4.07. The molecule has 2 aliphatic heterocycles. The largest absolute Gasteiger partial charge is 0.484 e. The van der Waals surface area contributed by atoms with Crippen LogP contribution in [0.3, 0.4) is 0 Å². The first-order chi connectivity index (χ1) is 16.7. The van der Waals surface area contributed by atoms with Gasteiger partial charge in [-0.3, -0.25) is 9.59 Å². The van der Waals surface area contributed by atoms with Crippen molar-refractivity contribution in [3.8, 4) is 5.75 Å². The fourth-order valence-corrected chi connectivity index (χ4v) is 4.60. The summed E-state index contributed by atoms with van der Waals surface area (Å²) in [4.78, 5) is 28.3. The second-order valence-electron chi connectivity index (χ2n) is 8.83. The van der Waals surface area contributed by atoms with Crippen LogP contribution < -0.4 is 19.9 Å². The number of anilines is 2. The van der Waals surface area contributed by atoms with E-state index in [2.05, 4.69) is 58.7 Å². The number of rotatable bonds is 8. The number of carbonyl (C=O) groups excluding carboxylic acids is 2. The van der Waals surface area contributed by atoms with Crippen molar-refractivity contribution in [3.63, 3.8) is 0 Å². The van der Waals surface area contributed by atoms with Gasteiger partial charge in [-0.1, -0.05) is 42.5 Å². The molecule has 2 amide bonds. The second kappa shape index (κ2) is 10.00. The average Bonchev–Trinajstić information content (AvgIpc) is 3.49. The number of hydrogen-bond donors (Lipinski definition) is 1. The molecule has 0 bridgehead atoms. The normalized spacial score (nSPS) is 14.9. The van der Waals surface area contributed by atoms with Crippen molar-refractivity contribution < 1.29 is 14.3 Å². The zero-order valence-electron chi connectivity index (χ0n) is 19.2. The number of amides is 2. The molecule has 6 heteroatoms. The molecule has 0 radical (unpaired) electrons. The molecule has 0 saturated carbocycles. The SMILES string of the molecule is O=C(COc1ccc(N2CCCC2=O)cc1)NCc1ccc(CN2CCc3ccccc32)cc1. The molecule has 3 aromatic rings. The Kier molecular flexibility index (Phi) is 6.47. The molecule has 0 spiro atoms. The van der Waals surface area contributed by atoms with Gasteiger partial charge in [0, 0.05) is 44.0 Å². The van der Waals surface area contributed by atoms with Crippen molar-refractivity contribution >= 4 is 23.2 Å². The Morgan fingerprint density at radius 2 is 1.65 bits per heavy atom. The molecule has 1 saturated heterocycles. The first kappa shape index (κ1) is 22.0. The molecule has 174 valence electrons. The molecule has 6 nitrogen and oxygen atoms in total. The van der Waals surface area contributed by atoms with Crippen molar-refractivity contribution in [1.29, 1.82) is 0 Å². The molecule has 2 heterocycles. The van der Waals surface area contributed by atoms with Crippen LogP contribution in [0.15, 0.2) is 72.8 Å². The fraction of sp³-hybridized carbons (Fsp3) is 0.286. The van der Waals surface area contributed by atoms with E-state index in [0.717, 1.165) is 43.7 Å². The van der Waals surface area contributed by atoms with Crippen LogP contribution in [0.2, 0.25) is 0 Å². The van der Waals surface area contributed by atoms with E-state index in [-0.39, 0.29) is 18.4 Å². The first-order valence-electron chi connectivity index (χ1n) is 11.9. The fourth-order valence-electron chi connectivity index (χ4n) is 4.60. The van der Waals surface area contributed by atoms with Crippen molar-refractivity contribution in [2.45, 2.75) is 32.4 Å². The van der Waals surface area contributed by atoms with E-state index in [1.165, 1.54) is 16.8 Å². The number of ether oxygens (including phenoxy) is 1. The third-order valence-corrected chi connectivity index (χ3v) is 6.46. The van der Waals surface area contributed by atoms with E-state index in [9.17, 15) is 9.59 Å². The van der Waals surface area contributed by atoms with Gasteiger partial charge in [0.15, 0.2) is 6.61 Å². The average molecular weight is 456 g/mol. The van der Waals surface area contributed by atoms with Crippen molar-refractivity contribution in [2.75, 3.05) is 29.5 Å². The Bertz CT molecular complexity index is 1160. The van der Waals surface area contributed by atoms with Gasteiger partial charge in [-0.15, -0.1) is 0 Å². The molecule has 0 aromatic heterocycles. The van der Waals surface area contributed by atoms with Crippen LogP contribution in [0.25, 0.3) is 0 Å². The quantitative estimate of drug-likeness (QED) is 0.556. The number of para-hydroxylation sites is 1. The van der Waals surface area contributed by atoms with Crippen LogP contribution in [0.1, 0.15) is 29.5 Å². The Labute approximate surface area is 200 Å². The van der Waals surface area contributed by atoms with Gasteiger partial charge in [-0.05, 0) is 59.9 Å². The predicted molar refractivity (Wildman–Crippen MR) is 133 cm³/mol. The van der Waals surface area contributed by atoms with Gasteiger partial charge in [-0.2, -0.15) is 0 Å². The Morgan fingerprint density at radius 3 is 2.41 bits per heavy atom. The number of nitrogens with one attached hydrogen (secondary N) is 1. The molecule has 3 aromatic carbocycles. The van der Waals surface area contributed by atoms with E-state index in [1.807, 2.05) is 12.1 Å². The van der Waals surface area contributed by atoms with E-state index in [1.54, 1.807) is 17.0 Å². The summed E-state index contributed by atoms with van der Waals surface area (Å²) in [6, 6.07) is 24.3. The van der Waals surface area contributed by atoms with Crippen LogP contribution in [-0.2, 0) is 29.1 Å². The highest BCUT2D eigenvalue weighted by atomic mass is 16.5. The lowest BCUT2D eigenvalue weighted by atomic mass is 10.1. The Morgan fingerprint density at radius 1 is 0.882 bits per heavy atom. The summed E-state index contributed by atoms with van der Waals surface area (Å²) in [7, 11) is 0. The molecule has 0 unspecified atom stereocenters. The number of fused-ring (bicyclic) bond motifs is 1. The molecule has 1 N–H and O–H groups in total. The highest BCUT2D eigenvalue weighted by Crippen LogP contribution is 2.29. The lowest BCUT2D eigenvalue weighted by Crippen LogP contribution is -2.28. The van der Waals surface area contributed by atoms with Crippen molar-refractivity contribution in [3.05, 3.63) is 89.5 Å². The number of carbonyl (C=O) groups is 2. The first-order valence-corrected chi connectivity index (χ1v) is 11.9. The monoisotopic (exact) mass is 455 g/mol. The topological polar surface area (TPSA) is 61.9 Å². The zero-order valence-corrected chi connectivity index (χ0v) is 19.2. The van der Waals surface area contributed by atoms with Crippen LogP contribution in [0, 0.1) is 0 Å². The number of hydrogen-bond acceptors (Lipinski definition) is 4. The van der Waals surface area contributed by atoms with Gasteiger partial charge in [0.2, 0.25) is 5.91 Å². The summed E-state index contributed by atoms with van der Waals surface area (Å²) in [5.74, 6) is 0.595. The smallest absolute Gasteiger partial charge is 0.258 e. The molecule has 1 fully saturated rings. The second-order valence-corrected chi connectivity index (χ2v) is 8.83. The lowest BCUT2D eigenvalue weighted by Gasteiger charge is -2.19. The minimum absolute atomic E-state index is 0.0472. The van der Waals surface area contributed by atoms with Gasteiger partial charge in [0.25, 0.3) is 5.91 Å². The molecule has 0 atom stereocenters. The van der Waals surface area contributed by atoms with Crippen LogP contribution in [0.4, 0.5) is 11.4 Å². The van der Waals surface area contributed by atoms with Crippen LogP contribution in [-0.4, -0.2) is 31.5 Å². The van der Waals surface area contributed by atoms with E-state index in [0.29, 0.717) is 18.7 Å². The molecule has 2 aliphatic rings. The molecule has 0 aliphatic carbocycles. The number of nitrogens with zero attached hydrogens (tertiary/aromatic N) is 2. The Balaban J connectivity index is 1.06. The molecule has 5 rings (SSSR count). The van der Waals surface area contributed by atoms with E-state index in [4.69, 9.17) is 4.74 Å². The van der Waals surface area contributed by atoms with Gasteiger partial charge >= 0.3 is 0 Å². The van der Waals surface area contributed by atoms with Gasteiger partial charge in [0.05, 0.1) is 0 Å². The molecular weight excluding hydrogens is 426 g/mol. The van der Waals surface area contributed by atoms with Crippen LogP contribution >= 0.6 is 0 Å². The summed E-state index contributed by atoms with van der Waals surface area (Å²) < 4.78 is 5.60. The maximum absolute atomic E-state index is 12.2. The highest BCUT2D eigenvalue weighted by Gasteiger charge is 2.21. The summed E-state index contributed by atoms with van der Waals surface area (Å²) in [6.07, 6.45) is 2.60. The van der Waals surface area contributed by atoms with Gasteiger partial charge in [-0.25, -0.2) is 0 Å². The molecular formula is C28H29N3O3. The van der Waals surface area contributed by atoms with E-state index >= 15 is 0 Å². The summed E-state index contributed by atoms with van der Waals surface area (Å²) in [5, 5.41) is 2.91. The van der Waals surface area contributed by atoms with Gasteiger partial charge < -0.3 is 19.9 Å². The third kappa shape index (κ3) is 5.06. The van der Waals surface area contributed by atoms with Crippen LogP contribution in [0.5, 0.6) is 5.75 Å². The minimum Gasteiger partial charge on any atom is -0.484 e. The van der Waals surface area contributed by atoms with Crippen molar-refractivity contribution in [2.24, 2.45) is 0 Å². The standard InChI is InChI=1S/C28H29N3O3/c32-27(20-34-25-13-11-24(12-14-25)31-16-3-6-28(31)33)29-18-21-7-9-22(10-8-21)19-30-17-15-23-4-1-2-5-26(23)30/h1-2,4-5,7-14H,3,6,15-20H2,(H,29,32). The maximum Gasteiger partial charge on any atom is 0.258 e. The summed E-state index contributed by atoms with van der Waals surface area (Å²) in [5.41, 5.74) is 5.93. The minimum atomic E-state index is -0.170.